The Kier molecular flexibility index (Phi) is 3.73. The van der Waals surface area contributed by atoms with Gasteiger partial charge in [-0.25, -0.2) is 4.79 Å². The molecular formula is C13H21N3O4. The molecule has 112 valence electrons. The van der Waals surface area contributed by atoms with Gasteiger partial charge in [-0.2, -0.15) is 0 Å². The molecule has 2 saturated heterocycles. The van der Waals surface area contributed by atoms with E-state index in [2.05, 4.69) is 10.6 Å². The van der Waals surface area contributed by atoms with E-state index in [1.165, 1.54) is 7.11 Å². The molecule has 0 aromatic carbocycles. The van der Waals surface area contributed by atoms with E-state index >= 15 is 0 Å². The largest absolute Gasteiger partial charge is 0.369 e. The van der Waals surface area contributed by atoms with Crippen molar-refractivity contribution in [3.63, 3.8) is 0 Å². The van der Waals surface area contributed by atoms with Gasteiger partial charge in [-0.3, -0.25) is 14.9 Å². The zero-order valence-electron chi connectivity index (χ0n) is 12.1. The van der Waals surface area contributed by atoms with Crippen LogP contribution in [0, 0.1) is 0 Å². The monoisotopic (exact) mass is 283 g/mol. The molecule has 7 nitrogen and oxygen atoms in total. The van der Waals surface area contributed by atoms with Gasteiger partial charge in [0.2, 0.25) is 0 Å². The molecule has 20 heavy (non-hydrogen) atoms. The van der Waals surface area contributed by atoms with Crippen molar-refractivity contribution in [3.8, 4) is 0 Å². The van der Waals surface area contributed by atoms with Gasteiger partial charge >= 0.3 is 6.03 Å². The zero-order valence-corrected chi connectivity index (χ0v) is 12.1. The van der Waals surface area contributed by atoms with E-state index in [-0.39, 0.29) is 11.8 Å². The first-order valence-electron chi connectivity index (χ1n) is 6.85. The Bertz CT molecular complexity index is 437. The fraction of sp³-hybridized carbons (Fsp3) is 0.769. The van der Waals surface area contributed by atoms with Crippen molar-refractivity contribution in [1.29, 1.82) is 0 Å². The van der Waals surface area contributed by atoms with Gasteiger partial charge in [0, 0.05) is 20.2 Å². The van der Waals surface area contributed by atoms with Gasteiger partial charge in [0.25, 0.3) is 11.8 Å². The third-order valence-electron chi connectivity index (χ3n) is 4.50. The number of piperidine rings is 1. The number of carbonyl (C=O) groups is 3. The van der Waals surface area contributed by atoms with Crippen LogP contribution in [0.1, 0.15) is 33.1 Å². The lowest BCUT2D eigenvalue weighted by molar-refractivity contribution is -0.155. The van der Waals surface area contributed by atoms with Crippen molar-refractivity contribution in [1.82, 2.24) is 15.5 Å². The van der Waals surface area contributed by atoms with Crippen LogP contribution >= 0.6 is 0 Å². The van der Waals surface area contributed by atoms with Crippen molar-refractivity contribution in [2.45, 2.75) is 44.2 Å². The first kappa shape index (κ1) is 14.8. The van der Waals surface area contributed by atoms with Gasteiger partial charge in [0.15, 0.2) is 0 Å². The number of imide groups is 1. The average molecular weight is 283 g/mol. The van der Waals surface area contributed by atoms with E-state index in [0.717, 1.165) is 0 Å². The summed E-state index contributed by atoms with van der Waals surface area (Å²) in [5.74, 6) is -0.360. The lowest BCUT2D eigenvalue weighted by Gasteiger charge is -2.40. The van der Waals surface area contributed by atoms with Crippen LogP contribution in [0.3, 0.4) is 0 Å². The molecule has 7 heteroatoms. The quantitative estimate of drug-likeness (QED) is 0.714. The minimum Gasteiger partial charge on any atom is -0.369 e. The Morgan fingerprint density at radius 2 is 2.00 bits per heavy atom. The summed E-state index contributed by atoms with van der Waals surface area (Å²) in [6.07, 6.45) is 1.45. The number of likely N-dealkylation sites (tertiary alicyclic amines) is 1. The van der Waals surface area contributed by atoms with Gasteiger partial charge in [-0.15, -0.1) is 0 Å². The van der Waals surface area contributed by atoms with Crippen LogP contribution in [0.2, 0.25) is 0 Å². The Morgan fingerprint density at radius 3 is 2.40 bits per heavy atom. The van der Waals surface area contributed by atoms with E-state index in [4.69, 9.17) is 4.74 Å². The summed E-state index contributed by atoms with van der Waals surface area (Å²) in [6.45, 7) is 4.54. The number of urea groups is 1. The second-order valence-corrected chi connectivity index (χ2v) is 5.57. The lowest BCUT2D eigenvalue weighted by Crippen LogP contribution is -2.58. The van der Waals surface area contributed by atoms with Crippen molar-refractivity contribution in [2.75, 3.05) is 20.2 Å². The summed E-state index contributed by atoms with van der Waals surface area (Å²) in [7, 11) is 1.53. The highest BCUT2D eigenvalue weighted by Gasteiger charge is 2.49. The van der Waals surface area contributed by atoms with E-state index < -0.39 is 17.2 Å². The smallest absolute Gasteiger partial charge is 0.322 e. The number of hydrogen-bond acceptors (Lipinski definition) is 4. The van der Waals surface area contributed by atoms with Gasteiger partial charge < -0.3 is 15.0 Å². The Labute approximate surface area is 118 Å². The molecule has 0 aromatic heterocycles. The fourth-order valence-corrected chi connectivity index (χ4v) is 2.69. The Morgan fingerprint density at radius 1 is 1.40 bits per heavy atom. The molecule has 0 aromatic rings. The molecule has 2 heterocycles. The summed E-state index contributed by atoms with van der Waals surface area (Å²) in [5, 5.41) is 4.93. The van der Waals surface area contributed by atoms with Crippen LogP contribution in [0.5, 0.6) is 0 Å². The molecule has 4 amide bonds. The molecule has 0 radical (unpaired) electrons. The van der Waals surface area contributed by atoms with Crippen LogP contribution in [0.15, 0.2) is 0 Å². The molecule has 2 aliphatic rings. The first-order valence-corrected chi connectivity index (χ1v) is 6.85. The molecule has 2 rings (SSSR count). The Hall–Kier alpha value is -1.63. The van der Waals surface area contributed by atoms with Crippen molar-refractivity contribution < 1.29 is 19.1 Å². The van der Waals surface area contributed by atoms with Crippen LogP contribution in [0.25, 0.3) is 0 Å². The van der Waals surface area contributed by atoms with Gasteiger partial charge in [-0.05, 0) is 26.2 Å². The van der Waals surface area contributed by atoms with Crippen LogP contribution in [0.4, 0.5) is 4.79 Å². The van der Waals surface area contributed by atoms with Crippen molar-refractivity contribution >= 4 is 17.8 Å². The van der Waals surface area contributed by atoms with Crippen LogP contribution < -0.4 is 10.6 Å². The second kappa shape index (κ2) is 5.05. The number of nitrogens with one attached hydrogen (secondary N) is 2. The van der Waals surface area contributed by atoms with Crippen LogP contribution in [-0.4, -0.2) is 54.1 Å². The number of methoxy groups -OCH3 is 1. The predicted octanol–water partition coefficient (Wildman–Crippen LogP) is 0.00210. The highest BCUT2D eigenvalue weighted by Crippen LogP contribution is 2.28. The van der Waals surface area contributed by atoms with E-state index in [0.29, 0.717) is 32.4 Å². The molecule has 0 saturated carbocycles. The van der Waals surface area contributed by atoms with Gasteiger partial charge in [0.1, 0.15) is 11.1 Å². The summed E-state index contributed by atoms with van der Waals surface area (Å²) in [4.78, 5) is 37.2. The summed E-state index contributed by atoms with van der Waals surface area (Å²) < 4.78 is 5.32. The number of nitrogens with zero attached hydrogens (tertiary/aromatic N) is 1. The minimum absolute atomic E-state index is 0.0675. The Balaban J connectivity index is 2.03. The highest BCUT2D eigenvalue weighted by atomic mass is 16.5. The molecule has 1 spiro atoms. The van der Waals surface area contributed by atoms with Crippen LogP contribution in [-0.2, 0) is 14.3 Å². The summed E-state index contributed by atoms with van der Waals surface area (Å²) >= 11 is 0. The average Bonchev–Trinajstić information content (AvgIpc) is 2.72. The van der Waals surface area contributed by atoms with E-state index in [9.17, 15) is 14.4 Å². The first-order chi connectivity index (χ1) is 9.37. The molecule has 0 aliphatic carbocycles. The molecule has 0 bridgehead atoms. The predicted molar refractivity (Wildman–Crippen MR) is 70.9 cm³/mol. The standard InChI is InChI=1S/C13H21N3O4/c1-4-12(2,20-3)10(18)16-7-5-13(6-8-16)9(17)14-11(19)15-13/h4-8H2,1-3H3,(H2,14,15,17,19). The molecular weight excluding hydrogens is 262 g/mol. The summed E-state index contributed by atoms with van der Waals surface area (Å²) in [6, 6.07) is -0.454. The molecule has 1 unspecified atom stereocenters. The maximum absolute atomic E-state index is 12.4. The van der Waals surface area contributed by atoms with Crippen molar-refractivity contribution in [2.24, 2.45) is 0 Å². The van der Waals surface area contributed by atoms with Gasteiger partial charge in [0.05, 0.1) is 0 Å². The maximum Gasteiger partial charge on any atom is 0.322 e. The molecule has 1 atom stereocenters. The number of rotatable bonds is 3. The van der Waals surface area contributed by atoms with Gasteiger partial charge in [-0.1, -0.05) is 6.92 Å². The minimum atomic E-state index is -0.844. The number of ether oxygens (including phenoxy) is 1. The number of hydrogen-bond donors (Lipinski definition) is 2. The van der Waals surface area contributed by atoms with E-state index in [1.807, 2.05) is 6.92 Å². The number of amides is 4. The zero-order chi connectivity index (χ0) is 15.0. The molecule has 2 fully saturated rings. The normalized spacial score (nSPS) is 24.2. The summed E-state index contributed by atoms with van der Waals surface area (Å²) in [5.41, 5.74) is -1.67. The SMILES string of the molecule is CCC(C)(OC)C(=O)N1CCC2(CC1)NC(=O)NC2=O. The third kappa shape index (κ3) is 2.26. The second-order valence-electron chi connectivity index (χ2n) is 5.57. The van der Waals surface area contributed by atoms with E-state index in [1.54, 1.807) is 11.8 Å². The lowest BCUT2D eigenvalue weighted by atomic mass is 9.87. The van der Waals surface area contributed by atoms with Crippen molar-refractivity contribution in [3.05, 3.63) is 0 Å². The third-order valence-corrected chi connectivity index (χ3v) is 4.50. The maximum atomic E-state index is 12.4. The fourth-order valence-electron chi connectivity index (χ4n) is 2.69. The molecule has 2 N–H and O–H groups in total. The topological polar surface area (TPSA) is 87.7 Å². The highest BCUT2D eigenvalue weighted by molar-refractivity contribution is 6.07. The molecule has 2 aliphatic heterocycles. The number of carbonyl (C=O) groups excluding carboxylic acids is 3.